The lowest BCUT2D eigenvalue weighted by atomic mass is 10.1. The molecule has 0 unspecified atom stereocenters. The number of unbranched alkanes of at least 4 members (excludes halogenated alkanes) is 4. The van der Waals surface area contributed by atoms with Gasteiger partial charge < -0.3 is 15.1 Å². The summed E-state index contributed by atoms with van der Waals surface area (Å²) in [6.45, 7) is 0.752. The van der Waals surface area contributed by atoms with Crippen LogP contribution < -0.4 is 9.47 Å². The fourth-order valence-corrected chi connectivity index (χ4v) is 8.22. The second-order valence-corrected chi connectivity index (χ2v) is 14.4. The Morgan fingerprint density at radius 1 is 0.765 bits per heavy atom. The average Bonchev–Trinajstić information content (AvgIpc) is 3.53. The molecule has 0 bridgehead atoms. The van der Waals surface area contributed by atoms with Gasteiger partial charge in [-0.2, -0.15) is 30.9 Å². The molecule has 1 aliphatic heterocycles. The van der Waals surface area contributed by atoms with Crippen molar-refractivity contribution in [3.05, 3.63) is 91.9 Å². The van der Waals surface area contributed by atoms with Crippen molar-refractivity contribution in [1.82, 2.24) is 0 Å². The highest BCUT2D eigenvalue weighted by Crippen LogP contribution is 2.50. The fraction of sp³-hybridized carbons (Fsp3) is 0.343. The molecular weight excluding hydrogens is 761 g/mol. The monoisotopic (exact) mass is 793 g/mol. The number of allylic oxidation sites excluding steroid dienone is 6. The summed E-state index contributed by atoms with van der Waals surface area (Å²) in [7, 11) is 0. The van der Waals surface area contributed by atoms with Crippen molar-refractivity contribution in [2.24, 2.45) is 0 Å². The highest BCUT2D eigenvalue weighted by Gasteiger charge is 2.37. The van der Waals surface area contributed by atoms with Gasteiger partial charge in [-0.1, -0.05) is 83.1 Å². The highest BCUT2D eigenvalue weighted by atomic mass is 35.5. The maximum atomic E-state index is 13.6. The van der Waals surface area contributed by atoms with Crippen LogP contribution in [0.25, 0.3) is 16.3 Å². The molecule has 0 saturated heterocycles. The maximum absolute atomic E-state index is 13.6. The molecule has 0 fully saturated rings. The fourth-order valence-electron chi connectivity index (χ4n) is 5.30. The Hall–Kier alpha value is -3.46. The van der Waals surface area contributed by atoms with Crippen molar-refractivity contribution in [3.8, 4) is 0 Å². The minimum Gasteiger partial charge on any atom is -0.481 e. The minimum absolute atomic E-state index is 0.0101. The number of alkyl halides is 6. The summed E-state index contributed by atoms with van der Waals surface area (Å²) < 4.78 is 84.0. The molecule has 6 nitrogen and oxygen atoms in total. The molecule has 4 rings (SSSR count). The summed E-state index contributed by atoms with van der Waals surface area (Å²) in [6, 6.07) is 4.66. The van der Waals surface area contributed by atoms with Crippen LogP contribution in [0.1, 0.15) is 67.5 Å². The zero-order valence-electron chi connectivity index (χ0n) is 26.9. The van der Waals surface area contributed by atoms with E-state index in [4.69, 9.17) is 33.4 Å². The number of aliphatic carboxylic acids is 2. The van der Waals surface area contributed by atoms with Crippen LogP contribution in [0.3, 0.4) is 0 Å². The summed E-state index contributed by atoms with van der Waals surface area (Å²) in [5, 5.41) is 18.3. The molecule has 0 atom stereocenters. The summed E-state index contributed by atoms with van der Waals surface area (Å²) >= 11 is 14.5. The Bertz CT molecular complexity index is 1870. The molecule has 0 saturated carbocycles. The Morgan fingerprint density at radius 2 is 1.35 bits per heavy atom. The second kappa shape index (κ2) is 17.8. The van der Waals surface area contributed by atoms with Crippen LogP contribution in [0.2, 0.25) is 10.0 Å². The number of thioether (sulfide) groups is 1. The van der Waals surface area contributed by atoms with Gasteiger partial charge in [0.25, 0.3) is 5.01 Å². The molecule has 274 valence electrons. The quantitative estimate of drug-likeness (QED) is 0.0650. The van der Waals surface area contributed by atoms with Crippen molar-refractivity contribution in [2.75, 3.05) is 11.4 Å². The SMILES string of the molecule is O=C(O)CCCCCN1/C(=C/C=C/C=C/C=C/c2sc3cc(Cl)c(C(F)(F)F)cc3[n+]2CCCCCC(=O)O)Sc2cc(Cl)c(C(F)(F)F)cc21. The Morgan fingerprint density at radius 3 is 2.00 bits per heavy atom. The molecule has 2 heterocycles. The predicted octanol–water partition coefficient (Wildman–Crippen LogP) is 11.4. The number of benzene rings is 2. The lowest BCUT2D eigenvalue weighted by molar-refractivity contribution is -0.669. The smallest absolute Gasteiger partial charge is 0.418 e. The Kier molecular flexibility index (Phi) is 14.1. The van der Waals surface area contributed by atoms with Crippen LogP contribution >= 0.6 is 46.3 Å². The lowest BCUT2D eigenvalue weighted by Crippen LogP contribution is -2.35. The molecule has 1 aliphatic rings. The number of carboxylic acids is 2. The lowest BCUT2D eigenvalue weighted by Gasteiger charge is -2.21. The number of thiazole rings is 1. The van der Waals surface area contributed by atoms with Gasteiger partial charge in [0.05, 0.1) is 31.9 Å². The molecule has 0 amide bonds. The summed E-state index contributed by atoms with van der Waals surface area (Å²) in [4.78, 5) is 24.0. The number of halogens is 8. The van der Waals surface area contributed by atoms with Gasteiger partial charge in [-0.3, -0.25) is 9.59 Å². The van der Waals surface area contributed by atoms with Crippen LogP contribution in [-0.4, -0.2) is 28.7 Å². The van der Waals surface area contributed by atoms with E-state index >= 15 is 0 Å². The summed E-state index contributed by atoms with van der Waals surface area (Å²) in [5.74, 6) is -1.82. The van der Waals surface area contributed by atoms with Gasteiger partial charge in [0.2, 0.25) is 5.52 Å². The third-order valence-corrected chi connectivity index (χ3v) is 10.6. The van der Waals surface area contributed by atoms with E-state index < -0.39 is 45.5 Å². The summed E-state index contributed by atoms with van der Waals surface area (Å²) in [5.41, 5.74) is -1.13. The number of hydrogen-bond donors (Lipinski definition) is 2. The molecule has 0 aliphatic carbocycles. The zero-order chi connectivity index (χ0) is 37.3. The van der Waals surface area contributed by atoms with Crippen LogP contribution in [0.5, 0.6) is 0 Å². The minimum atomic E-state index is -4.63. The van der Waals surface area contributed by atoms with E-state index in [1.165, 1.54) is 35.2 Å². The standard InChI is InChI=1S/C35H32Cl2F6N2O4S2/c36-24-20-28-26(18-22(24)34(38,39)40)44(16-10-4-8-14-32(46)47)30(50-28)12-6-2-1-3-7-13-31-45(17-11-5-9-15-33(48)49)27-19-23(35(41,42)43)25(37)21-29(27)51-31/h1-3,6-7,12-13,18-21H,4-5,8-11,14-17H2,(H-,46,47,48,49)/p+1. The number of hydrogen-bond acceptors (Lipinski definition) is 5. The number of carboxylic acid groups (broad SMARTS) is 2. The topological polar surface area (TPSA) is 81.7 Å². The first-order chi connectivity index (χ1) is 24.1. The van der Waals surface area contributed by atoms with Gasteiger partial charge in [-0.05, 0) is 50.0 Å². The first-order valence-electron chi connectivity index (χ1n) is 15.8. The summed E-state index contributed by atoms with van der Waals surface area (Å²) in [6.07, 6.45) is 6.05. The van der Waals surface area contributed by atoms with E-state index in [-0.39, 0.29) is 12.8 Å². The first-order valence-corrected chi connectivity index (χ1v) is 18.2. The van der Waals surface area contributed by atoms with Crippen molar-refractivity contribution < 1.29 is 50.7 Å². The van der Waals surface area contributed by atoms with E-state index in [9.17, 15) is 35.9 Å². The number of anilines is 1. The molecule has 0 spiro atoms. The second-order valence-electron chi connectivity index (χ2n) is 11.5. The van der Waals surface area contributed by atoms with E-state index in [2.05, 4.69) is 0 Å². The van der Waals surface area contributed by atoms with Crippen LogP contribution in [0, 0.1) is 0 Å². The van der Waals surface area contributed by atoms with Crippen LogP contribution in [-0.2, 0) is 28.5 Å². The van der Waals surface area contributed by atoms with Gasteiger partial charge in [0.1, 0.15) is 4.70 Å². The molecule has 2 N–H and O–H groups in total. The van der Waals surface area contributed by atoms with Gasteiger partial charge in [0, 0.05) is 42.8 Å². The number of nitrogens with zero attached hydrogens (tertiary/aromatic N) is 2. The first kappa shape index (κ1) is 40.3. The van der Waals surface area contributed by atoms with Crippen molar-refractivity contribution in [3.63, 3.8) is 0 Å². The highest BCUT2D eigenvalue weighted by molar-refractivity contribution is 8.03. The van der Waals surface area contributed by atoms with E-state index in [1.807, 2.05) is 0 Å². The van der Waals surface area contributed by atoms with Gasteiger partial charge in [-0.15, -0.1) is 0 Å². The third-order valence-electron chi connectivity index (χ3n) is 7.72. The number of carbonyl (C=O) groups is 2. The molecule has 0 radical (unpaired) electrons. The Labute approximate surface area is 308 Å². The Balaban J connectivity index is 1.51. The van der Waals surface area contributed by atoms with Crippen LogP contribution in [0.4, 0.5) is 32.0 Å². The van der Waals surface area contributed by atoms with Crippen LogP contribution in [0.15, 0.2) is 70.6 Å². The third kappa shape index (κ3) is 11.3. The number of fused-ring (bicyclic) bond motifs is 2. The molecular formula is C35H33Cl2F6N2O4S2+. The normalized spacial score (nSPS) is 14.7. The zero-order valence-corrected chi connectivity index (χ0v) is 30.0. The molecule has 2 aromatic carbocycles. The molecule has 16 heteroatoms. The largest absolute Gasteiger partial charge is 0.481 e. The van der Waals surface area contributed by atoms with Crippen molar-refractivity contribution >= 4 is 80.2 Å². The predicted molar refractivity (Wildman–Crippen MR) is 189 cm³/mol. The molecule has 1 aromatic heterocycles. The molecule has 3 aromatic rings. The van der Waals surface area contributed by atoms with Gasteiger partial charge >= 0.3 is 24.3 Å². The number of rotatable bonds is 16. The van der Waals surface area contributed by atoms with E-state index in [1.54, 1.807) is 52.0 Å². The molecule has 51 heavy (non-hydrogen) atoms. The van der Waals surface area contributed by atoms with Gasteiger partial charge in [-0.25, -0.2) is 0 Å². The average molecular weight is 795 g/mol. The van der Waals surface area contributed by atoms with E-state index in [0.29, 0.717) is 82.5 Å². The maximum Gasteiger partial charge on any atom is 0.418 e. The van der Waals surface area contributed by atoms with E-state index in [0.717, 1.165) is 12.1 Å². The van der Waals surface area contributed by atoms with Gasteiger partial charge in [0.15, 0.2) is 6.54 Å². The number of aromatic nitrogens is 1. The number of aryl methyl sites for hydroxylation is 1. The van der Waals surface area contributed by atoms with Crippen molar-refractivity contribution in [1.29, 1.82) is 0 Å². The van der Waals surface area contributed by atoms with Crippen molar-refractivity contribution in [2.45, 2.75) is 75.2 Å².